The summed E-state index contributed by atoms with van der Waals surface area (Å²) in [5.41, 5.74) is 5.71. The third kappa shape index (κ3) is 5.14. The summed E-state index contributed by atoms with van der Waals surface area (Å²) in [7, 11) is 1.59. The van der Waals surface area contributed by atoms with Crippen LogP contribution in [0.2, 0.25) is 0 Å². The second-order valence-electron chi connectivity index (χ2n) is 5.12. The van der Waals surface area contributed by atoms with Crippen LogP contribution in [0.5, 0.6) is 11.5 Å². The van der Waals surface area contributed by atoms with Gasteiger partial charge in [0.15, 0.2) is 6.61 Å². The summed E-state index contributed by atoms with van der Waals surface area (Å²) < 4.78 is 10.4. The van der Waals surface area contributed by atoms with Crippen molar-refractivity contribution in [2.75, 3.05) is 13.7 Å². The van der Waals surface area contributed by atoms with Crippen LogP contribution in [0.15, 0.2) is 47.6 Å². The molecule has 0 aliphatic heterocycles. The molecule has 0 saturated heterocycles. The largest absolute Gasteiger partial charge is 0.497 e. The number of hydrogen-bond acceptors (Lipinski definition) is 4. The number of nitrogens with one attached hydrogen (secondary N) is 1. The minimum atomic E-state index is -0.318. The van der Waals surface area contributed by atoms with Gasteiger partial charge in [-0.25, -0.2) is 5.43 Å². The van der Waals surface area contributed by atoms with Gasteiger partial charge in [0.1, 0.15) is 11.5 Å². The maximum Gasteiger partial charge on any atom is 0.277 e. The fourth-order valence-electron chi connectivity index (χ4n) is 2.00. The molecule has 2 aromatic carbocycles. The molecule has 2 aromatic rings. The fourth-order valence-corrected chi connectivity index (χ4v) is 2.00. The van der Waals surface area contributed by atoms with Gasteiger partial charge < -0.3 is 9.47 Å². The molecule has 0 fully saturated rings. The highest BCUT2D eigenvalue weighted by atomic mass is 16.5. The molecule has 0 saturated carbocycles. The number of carbonyl (C=O) groups excluding carboxylic acids is 1. The maximum absolute atomic E-state index is 11.7. The van der Waals surface area contributed by atoms with Crippen molar-refractivity contribution in [2.45, 2.75) is 13.8 Å². The Bertz CT molecular complexity index is 694. The number of hydrazone groups is 1. The third-order valence-corrected chi connectivity index (χ3v) is 3.25. The number of nitrogens with zero attached hydrogens (tertiary/aromatic N) is 1. The molecule has 0 aliphatic rings. The quantitative estimate of drug-likeness (QED) is 0.659. The summed E-state index contributed by atoms with van der Waals surface area (Å²) in [4.78, 5) is 11.7. The number of ether oxygens (including phenoxy) is 2. The van der Waals surface area contributed by atoms with E-state index in [1.807, 2.05) is 26.0 Å². The van der Waals surface area contributed by atoms with Crippen LogP contribution in [0.3, 0.4) is 0 Å². The molecule has 1 amide bonds. The fraction of sp³-hybridized carbons (Fsp3) is 0.222. The molecule has 0 bridgehead atoms. The molecule has 5 nitrogen and oxygen atoms in total. The summed E-state index contributed by atoms with van der Waals surface area (Å²) in [6, 6.07) is 13.1. The minimum Gasteiger partial charge on any atom is -0.497 e. The molecule has 0 unspecified atom stereocenters. The first-order chi connectivity index (χ1) is 11.1. The van der Waals surface area contributed by atoms with Gasteiger partial charge in [-0.2, -0.15) is 5.10 Å². The van der Waals surface area contributed by atoms with E-state index in [0.29, 0.717) is 5.75 Å². The van der Waals surface area contributed by atoms with E-state index in [1.165, 1.54) is 5.56 Å². The number of carbonyl (C=O) groups is 1. The van der Waals surface area contributed by atoms with Crippen molar-refractivity contribution in [2.24, 2.45) is 5.10 Å². The summed E-state index contributed by atoms with van der Waals surface area (Å²) >= 11 is 0. The van der Waals surface area contributed by atoms with Crippen molar-refractivity contribution in [1.29, 1.82) is 0 Å². The first-order valence-corrected chi connectivity index (χ1v) is 7.24. The second kappa shape index (κ2) is 7.98. The highest BCUT2D eigenvalue weighted by molar-refractivity contribution is 5.84. The highest BCUT2D eigenvalue weighted by Crippen LogP contribution is 2.16. The second-order valence-corrected chi connectivity index (χ2v) is 5.12. The van der Waals surface area contributed by atoms with E-state index < -0.39 is 0 Å². The summed E-state index contributed by atoms with van der Waals surface area (Å²) in [6.07, 6.45) is 1.63. The van der Waals surface area contributed by atoms with Gasteiger partial charge in [-0.1, -0.05) is 23.8 Å². The van der Waals surface area contributed by atoms with Crippen LogP contribution in [0.1, 0.15) is 16.7 Å². The average molecular weight is 312 g/mol. The van der Waals surface area contributed by atoms with Gasteiger partial charge in [0.05, 0.1) is 13.3 Å². The van der Waals surface area contributed by atoms with Crippen LogP contribution >= 0.6 is 0 Å². The predicted octanol–water partition coefficient (Wildman–Crippen LogP) is 2.84. The molecule has 0 heterocycles. The lowest BCUT2D eigenvalue weighted by Gasteiger charge is -2.06. The standard InChI is InChI=1S/C18H20N2O3/c1-13-4-5-15(14(2)10-13)11-19-20-18(21)12-23-17-8-6-16(22-3)7-9-17/h4-11H,12H2,1-3H3,(H,20,21)/b19-11+. The molecule has 2 rings (SSSR count). The van der Waals surface area contributed by atoms with Crippen molar-refractivity contribution in [1.82, 2.24) is 5.43 Å². The highest BCUT2D eigenvalue weighted by Gasteiger charge is 2.02. The molecule has 1 N–H and O–H groups in total. The normalized spacial score (nSPS) is 10.6. The van der Waals surface area contributed by atoms with Crippen molar-refractivity contribution in [3.8, 4) is 11.5 Å². The van der Waals surface area contributed by atoms with Gasteiger partial charge in [-0.3, -0.25) is 4.79 Å². The molecule has 0 aliphatic carbocycles. The number of amides is 1. The van der Waals surface area contributed by atoms with E-state index in [2.05, 4.69) is 16.6 Å². The van der Waals surface area contributed by atoms with Crippen LogP contribution in [-0.2, 0) is 4.79 Å². The zero-order valence-corrected chi connectivity index (χ0v) is 13.5. The third-order valence-electron chi connectivity index (χ3n) is 3.25. The topological polar surface area (TPSA) is 59.9 Å². The van der Waals surface area contributed by atoms with Crippen LogP contribution in [0.25, 0.3) is 0 Å². The van der Waals surface area contributed by atoms with Gasteiger partial charge in [0.25, 0.3) is 5.91 Å². The predicted molar refractivity (Wildman–Crippen MR) is 90.1 cm³/mol. The Labute approximate surface area is 135 Å². The Balaban J connectivity index is 1.81. The smallest absolute Gasteiger partial charge is 0.277 e. The zero-order chi connectivity index (χ0) is 16.7. The van der Waals surface area contributed by atoms with Crippen LogP contribution in [0, 0.1) is 13.8 Å². The maximum atomic E-state index is 11.7. The van der Waals surface area contributed by atoms with E-state index in [0.717, 1.165) is 16.9 Å². The molecular formula is C18H20N2O3. The molecule has 120 valence electrons. The number of methoxy groups -OCH3 is 1. The summed E-state index contributed by atoms with van der Waals surface area (Å²) in [6.45, 7) is 3.94. The van der Waals surface area contributed by atoms with Crippen molar-refractivity contribution in [3.05, 3.63) is 59.2 Å². The zero-order valence-electron chi connectivity index (χ0n) is 13.5. The van der Waals surface area contributed by atoms with Crippen molar-refractivity contribution in [3.63, 3.8) is 0 Å². The first kappa shape index (κ1) is 16.5. The Hall–Kier alpha value is -2.82. The average Bonchev–Trinajstić information content (AvgIpc) is 2.55. The summed E-state index contributed by atoms with van der Waals surface area (Å²) in [5.74, 6) is 1.01. The molecular weight excluding hydrogens is 292 g/mol. The monoisotopic (exact) mass is 312 g/mol. The Kier molecular flexibility index (Phi) is 5.74. The van der Waals surface area contributed by atoms with Crippen molar-refractivity contribution < 1.29 is 14.3 Å². The van der Waals surface area contributed by atoms with Crippen LogP contribution in [0.4, 0.5) is 0 Å². The van der Waals surface area contributed by atoms with Gasteiger partial charge in [-0.05, 0) is 49.2 Å². The van der Waals surface area contributed by atoms with Crippen LogP contribution in [-0.4, -0.2) is 25.8 Å². The van der Waals surface area contributed by atoms with E-state index in [4.69, 9.17) is 9.47 Å². The lowest BCUT2D eigenvalue weighted by atomic mass is 10.1. The van der Waals surface area contributed by atoms with E-state index in [9.17, 15) is 4.79 Å². The van der Waals surface area contributed by atoms with Crippen molar-refractivity contribution >= 4 is 12.1 Å². The van der Waals surface area contributed by atoms with Gasteiger partial charge in [0, 0.05) is 0 Å². The Morgan fingerprint density at radius 1 is 1.13 bits per heavy atom. The molecule has 0 aromatic heterocycles. The van der Waals surface area contributed by atoms with Gasteiger partial charge in [-0.15, -0.1) is 0 Å². The van der Waals surface area contributed by atoms with Gasteiger partial charge in [0.2, 0.25) is 0 Å². The number of benzene rings is 2. The molecule has 0 atom stereocenters. The first-order valence-electron chi connectivity index (χ1n) is 7.24. The van der Waals surface area contributed by atoms with E-state index >= 15 is 0 Å². The Morgan fingerprint density at radius 3 is 2.48 bits per heavy atom. The van der Waals surface area contributed by atoms with Gasteiger partial charge >= 0.3 is 0 Å². The van der Waals surface area contributed by atoms with Crippen LogP contribution < -0.4 is 14.9 Å². The van der Waals surface area contributed by atoms with E-state index in [1.54, 1.807) is 37.6 Å². The summed E-state index contributed by atoms with van der Waals surface area (Å²) in [5, 5.41) is 3.95. The number of rotatable bonds is 6. The molecule has 0 radical (unpaired) electrons. The van der Waals surface area contributed by atoms with E-state index in [-0.39, 0.29) is 12.5 Å². The minimum absolute atomic E-state index is 0.101. The lowest BCUT2D eigenvalue weighted by molar-refractivity contribution is -0.123. The number of hydrogen-bond donors (Lipinski definition) is 1. The number of aryl methyl sites for hydroxylation is 2. The Morgan fingerprint density at radius 2 is 1.83 bits per heavy atom. The lowest BCUT2D eigenvalue weighted by Crippen LogP contribution is -2.24. The molecule has 0 spiro atoms. The SMILES string of the molecule is COc1ccc(OCC(=O)N/N=C/c2ccc(C)cc2C)cc1. The molecule has 23 heavy (non-hydrogen) atoms. The molecule has 5 heteroatoms.